The van der Waals surface area contributed by atoms with E-state index >= 15 is 0 Å². The van der Waals surface area contributed by atoms with Crippen molar-refractivity contribution >= 4 is 20.3 Å². The highest BCUT2D eigenvalue weighted by Crippen LogP contribution is 2.47. The van der Waals surface area contributed by atoms with Crippen molar-refractivity contribution in [1.29, 1.82) is 0 Å². The highest BCUT2D eigenvalue weighted by atomic mass is 28.4. The summed E-state index contributed by atoms with van der Waals surface area (Å²) in [6, 6.07) is -0.543. The molecule has 1 rings (SSSR count). The average Bonchev–Trinajstić information content (AvgIpc) is 2.46. The standard InChI is InChI=1S/C16H28F3NO4Si/c1-8-25(9-2,10-3)24-15(7)11(16(17,18)19)20(12(15)21)13(22)23-14(4,5)6/h11H,8-10H2,1-7H3/t11-,15-/m1/s1. The van der Waals surface area contributed by atoms with Gasteiger partial charge in [0.1, 0.15) is 5.60 Å². The topological polar surface area (TPSA) is 55.8 Å². The SMILES string of the molecule is CC[Si](CC)(CC)O[C@@]1(C)C(=O)N(C(=O)OC(C)(C)C)[C@H]1C(F)(F)F. The summed E-state index contributed by atoms with van der Waals surface area (Å²) in [7, 11) is -2.50. The Kier molecular flexibility index (Phi) is 6.06. The number of alkyl halides is 3. The van der Waals surface area contributed by atoms with Crippen molar-refractivity contribution in [2.24, 2.45) is 0 Å². The Morgan fingerprint density at radius 1 is 1.16 bits per heavy atom. The Labute approximate surface area is 148 Å². The van der Waals surface area contributed by atoms with Crippen molar-refractivity contribution < 1.29 is 31.9 Å². The summed E-state index contributed by atoms with van der Waals surface area (Å²) in [5.74, 6) is -0.990. The zero-order valence-corrected chi connectivity index (χ0v) is 16.9. The lowest BCUT2D eigenvalue weighted by Crippen LogP contribution is -2.80. The Morgan fingerprint density at radius 3 is 1.92 bits per heavy atom. The summed E-state index contributed by atoms with van der Waals surface area (Å²) >= 11 is 0. The minimum atomic E-state index is -4.80. The van der Waals surface area contributed by atoms with Crippen molar-refractivity contribution in [2.75, 3.05) is 0 Å². The van der Waals surface area contributed by atoms with Crippen molar-refractivity contribution in [2.45, 2.75) is 90.0 Å². The quantitative estimate of drug-likeness (QED) is 0.519. The fourth-order valence-corrected chi connectivity index (χ4v) is 6.16. The first kappa shape index (κ1) is 21.9. The minimum Gasteiger partial charge on any atom is -0.443 e. The summed E-state index contributed by atoms with van der Waals surface area (Å²) < 4.78 is 51.8. The number of carbonyl (C=O) groups is 2. The van der Waals surface area contributed by atoms with E-state index in [2.05, 4.69) is 0 Å². The van der Waals surface area contributed by atoms with Crippen LogP contribution < -0.4 is 0 Å². The van der Waals surface area contributed by atoms with Crippen LogP contribution in [-0.4, -0.2) is 48.6 Å². The number of hydrogen-bond acceptors (Lipinski definition) is 4. The van der Waals surface area contributed by atoms with E-state index in [1.54, 1.807) is 0 Å². The summed E-state index contributed by atoms with van der Waals surface area (Å²) in [6.45, 7) is 11.3. The van der Waals surface area contributed by atoms with E-state index in [1.165, 1.54) is 20.8 Å². The van der Waals surface area contributed by atoms with E-state index in [1.807, 2.05) is 20.8 Å². The number of ether oxygens (including phenoxy) is 1. The molecule has 0 aromatic rings. The number of β-lactam (4-membered cyclic amide) rings is 1. The monoisotopic (exact) mass is 383 g/mol. The van der Waals surface area contributed by atoms with E-state index < -0.39 is 43.7 Å². The Balaban J connectivity index is 3.21. The van der Waals surface area contributed by atoms with Gasteiger partial charge >= 0.3 is 12.3 Å². The van der Waals surface area contributed by atoms with Gasteiger partial charge < -0.3 is 9.16 Å². The van der Waals surface area contributed by atoms with Crippen LogP contribution >= 0.6 is 0 Å². The van der Waals surface area contributed by atoms with Gasteiger partial charge in [0, 0.05) is 0 Å². The molecule has 0 unspecified atom stereocenters. The molecule has 0 bridgehead atoms. The second-order valence-electron chi connectivity index (χ2n) is 7.55. The van der Waals surface area contributed by atoms with Gasteiger partial charge in [-0.25, -0.2) is 9.69 Å². The maximum Gasteiger partial charge on any atom is 0.417 e. The zero-order valence-electron chi connectivity index (χ0n) is 15.9. The zero-order chi connectivity index (χ0) is 19.8. The lowest BCUT2D eigenvalue weighted by atomic mass is 9.84. The van der Waals surface area contributed by atoms with Crippen LogP contribution in [0.15, 0.2) is 0 Å². The smallest absolute Gasteiger partial charge is 0.417 e. The Morgan fingerprint density at radius 2 is 1.60 bits per heavy atom. The molecule has 0 aromatic heterocycles. The van der Waals surface area contributed by atoms with E-state index in [-0.39, 0.29) is 4.90 Å². The molecule has 0 saturated carbocycles. The van der Waals surface area contributed by atoms with Gasteiger partial charge in [-0.2, -0.15) is 13.2 Å². The number of hydrogen-bond donors (Lipinski definition) is 0. The molecule has 1 fully saturated rings. The number of nitrogens with zero attached hydrogens (tertiary/aromatic N) is 1. The van der Waals surface area contributed by atoms with E-state index in [4.69, 9.17) is 9.16 Å². The van der Waals surface area contributed by atoms with Crippen LogP contribution in [0.2, 0.25) is 18.1 Å². The number of rotatable bonds is 5. The van der Waals surface area contributed by atoms with Gasteiger partial charge in [-0.05, 0) is 45.8 Å². The van der Waals surface area contributed by atoms with Gasteiger partial charge in [-0.1, -0.05) is 20.8 Å². The maximum absolute atomic E-state index is 13.6. The highest BCUT2D eigenvalue weighted by molar-refractivity contribution is 6.73. The summed E-state index contributed by atoms with van der Waals surface area (Å²) in [5.41, 5.74) is -3.08. The minimum absolute atomic E-state index is 0.144. The van der Waals surface area contributed by atoms with Crippen LogP contribution in [0, 0.1) is 0 Å². The molecule has 25 heavy (non-hydrogen) atoms. The summed E-state index contributed by atoms with van der Waals surface area (Å²) in [4.78, 5) is 24.8. The largest absolute Gasteiger partial charge is 0.443 e. The molecule has 2 amide bonds. The summed E-state index contributed by atoms with van der Waals surface area (Å²) in [6.07, 6.45) is -6.09. The predicted octanol–water partition coefficient (Wildman–Crippen LogP) is 4.48. The molecule has 0 N–H and O–H groups in total. The fourth-order valence-electron chi connectivity index (χ4n) is 3.13. The van der Waals surface area contributed by atoms with Gasteiger partial charge in [0.25, 0.3) is 5.91 Å². The number of carbonyl (C=O) groups excluding carboxylic acids is 2. The number of imide groups is 1. The molecule has 9 heteroatoms. The van der Waals surface area contributed by atoms with Crippen LogP contribution in [0.3, 0.4) is 0 Å². The maximum atomic E-state index is 13.6. The molecular weight excluding hydrogens is 355 g/mol. The van der Waals surface area contributed by atoms with Gasteiger partial charge in [0.2, 0.25) is 0 Å². The van der Waals surface area contributed by atoms with E-state index in [0.717, 1.165) is 6.92 Å². The Bertz CT molecular complexity index is 520. The van der Waals surface area contributed by atoms with E-state index in [0.29, 0.717) is 18.1 Å². The summed E-state index contributed by atoms with van der Waals surface area (Å²) in [5, 5.41) is 0. The lowest BCUT2D eigenvalue weighted by Gasteiger charge is -2.55. The molecule has 0 aliphatic carbocycles. The van der Waals surface area contributed by atoms with Crippen LogP contribution in [-0.2, 0) is 14.0 Å². The highest BCUT2D eigenvalue weighted by Gasteiger charge is 2.73. The molecule has 0 aromatic carbocycles. The molecule has 1 heterocycles. The van der Waals surface area contributed by atoms with Crippen LogP contribution in [0.1, 0.15) is 48.5 Å². The molecular formula is C16H28F3NO4Si. The van der Waals surface area contributed by atoms with Crippen molar-refractivity contribution in [1.82, 2.24) is 4.90 Å². The Hall–Kier alpha value is -1.09. The molecule has 0 spiro atoms. The average molecular weight is 383 g/mol. The van der Waals surface area contributed by atoms with Gasteiger partial charge in [0.15, 0.2) is 20.0 Å². The van der Waals surface area contributed by atoms with Gasteiger partial charge in [-0.15, -0.1) is 0 Å². The molecule has 0 radical (unpaired) electrons. The normalized spacial score (nSPS) is 25.0. The van der Waals surface area contributed by atoms with Crippen LogP contribution in [0.5, 0.6) is 0 Å². The second-order valence-corrected chi connectivity index (χ2v) is 12.2. The van der Waals surface area contributed by atoms with Gasteiger partial charge in [-0.3, -0.25) is 4.79 Å². The third kappa shape index (κ3) is 4.19. The predicted molar refractivity (Wildman–Crippen MR) is 89.6 cm³/mol. The lowest BCUT2D eigenvalue weighted by molar-refractivity contribution is -0.256. The first-order valence-electron chi connectivity index (χ1n) is 8.51. The van der Waals surface area contributed by atoms with Crippen molar-refractivity contribution in [3.05, 3.63) is 0 Å². The molecule has 5 nitrogen and oxygen atoms in total. The van der Waals surface area contributed by atoms with E-state index in [9.17, 15) is 22.8 Å². The van der Waals surface area contributed by atoms with Crippen molar-refractivity contribution in [3.8, 4) is 0 Å². The van der Waals surface area contributed by atoms with Crippen LogP contribution in [0.4, 0.5) is 18.0 Å². The number of amides is 2. The molecule has 1 aliphatic rings. The third-order valence-corrected chi connectivity index (χ3v) is 9.41. The first-order chi connectivity index (χ1) is 11.2. The number of likely N-dealkylation sites (tertiary alicyclic amines) is 1. The molecule has 1 saturated heterocycles. The van der Waals surface area contributed by atoms with Gasteiger partial charge in [0.05, 0.1) is 0 Å². The first-order valence-corrected chi connectivity index (χ1v) is 11.0. The van der Waals surface area contributed by atoms with Crippen molar-refractivity contribution in [3.63, 3.8) is 0 Å². The molecule has 1 aliphatic heterocycles. The molecule has 2 atom stereocenters. The van der Waals surface area contributed by atoms with Crippen LogP contribution in [0.25, 0.3) is 0 Å². The fraction of sp³-hybridized carbons (Fsp3) is 0.875. The third-order valence-electron chi connectivity index (χ3n) is 4.69. The molecule has 146 valence electrons. The number of halogens is 3. The second kappa shape index (κ2) is 6.90.